The molecule has 0 radical (unpaired) electrons. The molecule has 0 saturated heterocycles. The molecule has 0 spiro atoms. The molecule has 0 aliphatic carbocycles. The molecule has 2 N–H and O–H groups in total. The van der Waals surface area contributed by atoms with Gasteiger partial charge in [-0.05, 0) is 84.7 Å². The van der Waals surface area contributed by atoms with Gasteiger partial charge in [-0.3, -0.25) is 9.59 Å². The van der Waals surface area contributed by atoms with Crippen molar-refractivity contribution in [1.82, 2.24) is 19.9 Å². The Labute approximate surface area is 323 Å². The van der Waals surface area contributed by atoms with Crippen LogP contribution in [0, 0.1) is 24.7 Å². The van der Waals surface area contributed by atoms with Gasteiger partial charge < -0.3 is 9.97 Å². The Bertz CT molecular complexity index is 2460. The summed E-state index contributed by atoms with van der Waals surface area (Å²) in [5, 5.41) is 0.242. The van der Waals surface area contributed by atoms with E-state index in [9.17, 15) is 9.59 Å². The molecular weight excluding hydrogens is 705 g/mol. The summed E-state index contributed by atoms with van der Waals surface area (Å²) < 4.78 is 0. The molecule has 0 unspecified atom stereocenters. The van der Waals surface area contributed by atoms with Gasteiger partial charge in [0.15, 0.2) is 10.2 Å². The Morgan fingerprint density at radius 2 is 0.889 bits per heavy atom. The zero-order valence-corrected chi connectivity index (χ0v) is 31.2. The first-order valence-electron chi connectivity index (χ1n) is 18.2. The molecule has 2 aromatic carbocycles. The van der Waals surface area contributed by atoms with Gasteiger partial charge in [0.1, 0.15) is 0 Å². The third-order valence-electron chi connectivity index (χ3n) is 9.81. The Morgan fingerprint density at radius 3 is 1.33 bits per heavy atom. The molecule has 0 fully saturated rings. The van der Waals surface area contributed by atoms with Gasteiger partial charge in [-0.2, -0.15) is 0 Å². The lowest BCUT2D eigenvalue weighted by molar-refractivity contribution is -0.111. The molecule has 6 nitrogen and oxygen atoms in total. The molecule has 3 aromatic heterocycles. The van der Waals surface area contributed by atoms with Crippen LogP contribution in [0.2, 0.25) is 0 Å². The summed E-state index contributed by atoms with van der Waals surface area (Å²) >= 11 is 2.54. The quantitative estimate of drug-likeness (QED) is 0.150. The summed E-state index contributed by atoms with van der Waals surface area (Å²) in [4.78, 5) is 46.0. The van der Waals surface area contributed by atoms with Gasteiger partial charge in [-0.1, -0.05) is 97.4 Å². The molecule has 0 atom stereocenters. The average molecular weight is 741 g/mol. The first-order valence-corrected chi connectivity index (χ1v) is 19.8. The predicted molar refractivity (Wildman–Crippen MR) is 224 cm³/mol. The number of nitrogens with one attached hydrogen (secondary N) is 2. The third-order valence-corrected chi connectivity index (χ3v) is 11.8. The van der Waals surface area contributed by atoms with Crippen LogP contribution in [0.15, 0.2) is 82.6 Å². The second kappa shape index (κ2) is 15.7. The van der Waals surface area contributed by atoms with Crippen molar-refractivity contribution < 1.29 is 9.59 Å². The molecule has 264 valence electrons. The van der Waals surface area contributed by atoms with Crippen LogP contribution in [0.4, 0.5) is 0 Å². The minimum absolute atomic E-state index is 0.121. The van der Waals surface area contributed by atoms with E-state index >= 15 is 0 Å². The third kappa shape index (κ3) is 7.11. The van der Waals surface area contributed by atoms with E-state index in [0.717, 1.165) is 92.6 Å². The van der Waals surface area contributed by atoms with Gasteiger partial charge in [-0.15, -0.1) is 12.8 Å². The molecule has 4 aliphatic heterocycles. The SMILES string of the molecule is C#Cc1c2nc(c3c4ccc([nH]4)c(C#C)c4nc(c(c5ccc1[nH]5)-c1ccccc1SC(=O)CCCCCCCCC(=O)Sc1ccccc1-3)C=C4)C=C2. The van der Waals surface area contributed by atoms with E-state index in [2.05, 4.69) is 21.8 Å². The van der Waals surface area contributed by atoms with E-state index in [4.69, 9.17) is 22.8 Å². The number of thioether (sulfide) groups is 2. The Hall–Kier alpha value is -5.80. The van der Waals surface area contributed by atoms with E-state index < -0.39 is 0 Å². The van der Waals surface area contributed by atoms with Gasteiger partial charge in [0.05, 0.1) is 44.9 Å². The second-order valence-corrected chi connectivity index (χ2v) is 15.6. The Kier molecular flexibility index (Phi) is 10.2. The minimum Gasteiger partial charge on any atom is -0.354 e. The summed E-state index contributed by atoms with van der Waals surface area (Å²) in [6.45, 7) is 0. The van der Waals surface area contributed by atoms with E-state index in [1.807, 2.05) is 97.1 Å². The summed E-state index contributed by atoms with van der Waals surface area (Å²) in [6.07, 6.45) is 26.9. The van der Waals surface area contributed by atoms with E-state index in [1.54, 1.807) is 0 Å². The highest BCUT2D eigenvalue weighted by Gasteiger charge is 2.21. The maximum Gasteiger partial charge on any atom is 0.193 e. The number of aromatic amines is 2. The van der Waals surface area contributed by atoms with Crippen molar-refractivity contribution >= 4 is 80.1 Å². The molecule has 7 heterocycles. The van der Waals surface area contributed by atoms with Crippen LogP contribution in [-0.2, 0) is 9.59 Å². The number of rotatable bonds is 0. The van der Waals surface area contributed by atoms with Gasteiger partial charge >= 0.3 is 0 Å². The van der Waals surface area contributed by atoms with Crippen molar-refractivity contribution in [3.8, 4) is 46.9 Å². The van der Waals surface area contributed by atoms with E-state index in [-0.39, 0.29) is 10.2 Å². The van der Waals surface area contributed by atoms with Crippen molar-refractivity contribution in [3.63, 3.8) is 0 Å². The van der Waals surface area contributed by atoms with Crippen molar-refractivity contribution in [3.05, 3.63) is 107 Å². The lowest BCUT2D eigenvalue weighted by atomic mass is 10.0. The summed E-state index contributed by atoms with van der Waals surface area (Å²) in [6, 6.07) is 23.8. The van der Waals surface area contributed by atoms with E-state index in [0.29, 0.717) is 46.7 Å². The highest BCUT2D eigenvalue weighted by atomic mass is 32.2. The monoisotopic (exact) mass is 740 g/mol. The number of hydrogen-bond acceptors (Lipinski definition) is 6. The van der Waals surface area contributed by atoms with Crippen LogP contribution in [0.3, 0.4) is 0 Å². The molecule has 8 heteroatoms. The number of carbonyl (C=O) groups excluding carboxylic acids is 2. The van der Waals surface area contributed by atoms with Gasteiger partial charge in [0, 0.05) is 44.8 Å². The lowest BCUT2D eigenvalue weighted by Gasteiger charge is -2.10. The summed E-state index contributed by atoms with van der Waals surface area (Å²) in [5.41, 5.74) is 10.3. The number of hydrogen-bond donors (Lipinski definition) is 2. The second-order valence-electron chi connectivity index (χ2n) is 13.4. The Morgan fingerprint density at radius 1 is 0.500 bits per heavy atom. The highest BCUT2D eigenvalue weighted by molar-refractivity contribution is 8.14. The normalized spacial score (nSPS) is 14.9. The van der Waals surface area contributed by atoms with Gasteiger partial charge in [0.2, 0.25) is 0 Å². The molecule has 4 aliphatic rings. The van der Waals surface area contributed by atoms with Crippen LogP contribution < -0.4 is 0 Å². The van der Waals surface area contributed by atoms with E-state index in [1.165, 1.54) is 23.5 Å². The van der Waals surface area contributed by atoms with Crippen LogP contribution in [0.25, 0.3) is 68.6 Å². The van der Waals surface area contributed by atoms with Crippen LogP contribution in [0.5, 0.6) is 0 Å². The fourth-order valence-corrected chi connectivity index (χ4v) is 9.03. The zero-order chi connectivity index (χ0) is 37.0. The average Bonchev–Trinajstić information content (AvgIpc) is 4.02. The molecule has 5 aromatic rings. The molecule has 10 bridgehead atoms. The fourth-order valence-electron chi connectivity index (χ4n) is 7.19. The first-order chi connectivity index (χ1) is 26.5. The topological polar surface area (TPSA) is 91.5 Å². The summed E-state index contributed by atoms with van der Waals surface area (Å²) in [7, 11) is 0. The number of terminal acetylenes is 2. The highest BCUT2D eigenvalue weighted by Crippen LogP contribution is 2.40. The maximum atomic E-state index is 13.4. The van der Waals surface area contributed by atoms with Gasteiger partial charge in [0.25, 0.3) is 0 Å². The van der Waals surface area contributed by atoms with Crippen LogP contribution in [-0.4, -0.2) is 30.2 Å². The van der Waals surface area contributed by atoms with Crippen LogP contribution in [0.1, 0.15) is 85.3 Å². The fraction of sp³-hybridized carbons (Fsp3) is 0.174. The lowest BCUT2D eigenvalue weighted by Crippen LogP contribution is -1.95. The molecule has 0 amide bonds. The number of benzene rings is 2. The Balaban J connectivity index is 1.46. The van der Waals surface area contributed by atoms with Gasteiger partial charge in [-0.25, -0.2) is 9.97 Å². The van der Waals surface area contributed by atoms with Crippen molar-refractivity contribution in [2.24, 2.45) is 0 Å². The smallest absolute Gasteiger partial charge is 0.193 e. The number of aromatic nitrogens is 4. The number of nitrogens with zero attached hydrogens (tertiary/aromatic N) is 2. The van der Waals surface area contributed by atoms with Crippen molar-refractivity contribution in [2.45, 2.75) is 61.2 Å². The van der Waals surface area contributed by atoms with Crippen molar-refractivity contribution in [2.75, 3.05) is 0 Å². The molecule has 9 rings (SSSR count). The molecular formula is C46H36N4O2S2. The molecule has 0 saturated carbocycles. The number of fused-ring (bicyclic) bond motifs is 11. The standard InChI is InChI=1S/C46H36N4O2S2/c1-3-29-33-21-25-37(47-33)45-31-15-11-13-17-41(31)53-43(51)19-9-7-5-6-8-10-20-44(52)54-42-18-14-12-16-32(42)46(38-26-22-34(29)48-38)40-28-24-36(50-40)30(4-2)35-23-27-39(45)49-35/h1-2,11-18,21-28,47,50H,5-10,19-20H2. The van der Waals surface area contributed by atoms with Crippen LogP contribution >= 0.6 is 23.5 Å². The number of carbonyl (C=O) groups is 2. The van der Waals surface area contributed by atoms with Crippen molar-refractivity contribution in [1.29, 1.82) is 0 Å². The number of H-pyrrole nitrogens is 2. The first kappa shape index (κ1) is 35.2. The predicted octanol–water partition coefficient (Wildman–Crippen LogP) is 11.3. The molecule has 54 heavy (non-hydrogen) atoms. The minimum atomic E-state index is 0.121. The zero-order valence-electron chi connectivity index (χ0n) is 29.6. The summed E-state index contributed by atoms with van der Waals surface area (Å²) in [5.74, 6) is 5.79. The maximum absolute atomic E-state index is 13.4. The largest absolute Gasteiger partial charge is 0.354 e.